The minimum atomic E-state index is -0.774. The fraction of sp³-hybridized carbons (Fsp3) is 1.00. The standard InChI is InChI=1S/C11H22O4/c1-6-7(12)9(11(2,3)4)15-10(14-5)8(6)13/h6-10,12-13H,1-5H3. The van der Waals surface area contributed by atoms with Gasteiger partial charge in [-0.2, -0.15) is 0 Å². The van der Waals surface area contributed by atoms with Crippen LogP contribution in [0.1, 0.15) is 27.7 Å². The van der Waals surface area contributed by atoms with Crippen LogP contribution in [0.2, 0.25) is 0 Å². The summed E-state index contributed by atoms with van der Waals surface area (Å²) in [5.41, 5.74) is -0.176. The number of aliphatic hydroxyl groups excluding tert-OH is 2. The van der Waals surface area contributed by atoms with E-state index in [-0.39, 0.29) is 17.4 Å². The molecule has 1 rings (SSSR count). The highest BCUT2D eigenvalue weighted by atomic mass is 16.7. The Hall–Kier alpha value is -0.160. The molecule has 0 aromatic heterocycles. The Morgan fingerprint density at radius 3 is 2.07 bits per heavy atom. The minimum Gasteiger partial charge on any atom is -0.390 e. The van der Waals surface area contributed by atoms with Gasteiger partial charge in [-0.05, 0) is 5.41 Å². The van der Waals surface area contributed by atoms with E-state index in [1.807, 2.05) is 27.7 Å². The Kier molecular flexibility index (Phi) is 3.76. The van der Waals surface area contributed by atoms with Crippen molar-refractivity contribution in [2.45, 2.75) is 52.3 Å². The van der Waals surface area contributed by atoms with E-state index in [0.29, 0.717) is 0 Å². The molecule has 0 aromatic rings. The summed E-state index contributed by atoms with van der Waals surface area (Å²) in [5.74, 6) is -0.243. The van der Waals surface area contributed by atoms with E-state index in [1.165, 1.54) is 7.11 Å². The smallest absolute Gasteiger partial charge is 0.183 e. The van der Waals surface area contributed by atoms with Crippen molar-refractivity contribution in [2.75, 3.05) is 7.11 Å². The molecule has 4 nitrogen and oxygen atoms in total. The van der Waals surface area contributed by atoms with Gasteiger partial charge in [0, 0.05) is 13.0 Å². The van der Waals surface area contributed by atoms with Crippen molar-refractivity contribution in [3.63, 3.8) is 0 Å². The average molecular weight is 218 g/mol. The summed E-state index contributed by atoms with van der Waals surface area (Å²) in [6.45, 7) is 7.80. The van der Waals surface area contributed by atoms with E-state index in [4.69, 9.17) is 9.47 Å². The van der Waals surface area contributed by atoms with Crippen LogP contribution in [0.15, 0.2) is 0 Å². The zero-order valence-corrected chi connectivity index (χ0v) is 10.1. The molecule has 15 heavy (non-hydrogen) atoms. The second-order valence-corrected chi connectivity index (χ2v) is 5.37. The quantitative estimate of drug-likeness (QED) is 0.682. The first-order chi connectivity index (χ1) is 6.79. The van der Waals surface area contributed by atoms with Crippen LogP contribution >= 0.6 is 0 Å². The van der Waals surface area contributed by atoms with Gasteiger partial charge in [0.15, 0.2) is 6.29 Å². The van der Waals surface area contributed by atoms with Gasteiger partial charge >= 0.3 is 0 Å². The van der Waals surface area contributed by atoms with Crippen LogP contribution in [0, 0.1) is 11.3 Å². The molecule has 0 spiro atoms. The summed E-state index contributed by atoms with van der Waals surface area (Å²) in [4.78, 5) is 0. The molecule has 5 unspecified atom stereocenters. The SMILES string of the molecule is COC1OC(C(C)(C)C)C(O)C(C)C1O. The van der Waals surface area contributed by atoms with Crippen molar-refractivity contribution in [3.8, 4) is 0 Å². The molecule has 90 valence electrons. The highest BCUT2D eigenvalue weighted by Crippen LogP contribution is 2.35. The summed E-state index contributed by atoms with van der Waals surface area (Å²) < 4.78 is 10.6. The molecular formula is C11H22O4. The van der Waals surface area contributed by atoms with E-state index in [1.54, 1.807) is 0 Å². The van der Waals surface area contributed by atoms with Gasteiger partial charge in [-0.3, -0.25) is 0 Å². The molecule has 1 saturated heterocycles. The van der Waals surface area contributed by atoms with Crippen LogP contribution in [0.4, 0.5) is 0 Å². The average Bonchev–Trinajstić information content (AvgIpc) is 2.13. The molecule has 1 aliphatic rings. The largest absolute Gasteiger partial charge is 0.390 e. The monoisotopic (exact) mass is 218 g/mol. The van der Waals surface area contributed by atoms with Crippen LogP contribution in [0.5, 0.6) is 0 Å². The van der Waals surface area contributed by atoms with Crippen molar-refractivity contribution in [3.05, 3.63) is 0 Å². The zero-order chi connectivity index (χ0) is 11.8. The van der Waals surface area contributed by atoms with Crippen LogP contribution < -0.4 is 0 Å². The highest BCUT2D eigenvalue weighted by molar-refractivity contribution is 4.92. The second kappa shape index (κ2) is 4.37. The molecule has 0 aliphatic carbocycles. The second-order valence-electron chi connectivity index (χ2n) is 5.37. The fourth-order valence-electron chi connectivity index (χ4n) is 1.94. The molecule has 0 radical (unpaired) electrons. The van der Waals surface area contributed by atoms with E-state index >= 15 is 0 Å². The summed E-state index contributed by atoms with van der Waals surface area (Å²) in [5, 5.41) is 19.8. The summed E-state index contributed by atoms with van der Waals surface area (Å²) in [6, 6.07) is 0. The van der Waals surface area contributed by atoms with Crippen LogP contribution in [-0.2, 0) is 9.47 Å². The Balaban J connectivity index is 2.83. The van der Waals surface area contributed by atoms with Crippen LogP contribution in [-0.4, -0.2) is 41.9 Å². The Labute approximate surface area is 91.2 Å². The number of ether oxygens (including phenoxy) is 2. The third-order valence-corrected chi connectivity index (χ3v) is 3.03. The maximum absolute atomic E-state index is 10.0. The molecule has 0 bridgehead atoms. The number of methoxy groups -OCH3 is 1. The lowest BCUT2D eigenvalue weighted by Gasteiger charge is -2.45. The maximum Gasteiger partial charge on any atom is 0.183 e. The summed E-state index contributed by atoms with van der Waals surface area (Å²) in [7, 11) is 1.50. The minimum absolute atomic E-state index is 0.176. The zero-order valence-electron chi connectivity index (χ0n) is 10.1. The Morgan fingerprint density at radius 2 is 1.67 bits per heavy atom. The van der Waals surface area contributed by atoms with Gasteiger partial charge in [0.1, 0.15) is 6.10 Å². The number of aliphatic hydroxyl groups is 2. The summed E-state index contributed by atoms with van der Waals surface area (Å²) in [6.07, 6.45) is -2.40. The van der Waals surface area contributed by atoms with Gasteiger partial charge in [-0.25, -0.2) is 0 Å². The molecule has 0 amide bonds. The fourth-order valence-corrected chi connectivity index (χ4v) is 1.94. The van der Waals surface area contributed by atoms with E-state index in [2.05, 4.69) is 0 Å². The van der Waals surface area contributed by atoms with Crippen LogP contribution in [0.25, 0.3) is 0 Å². The van der Waals surface area contributed by atoms with Gasteiger partial charge in [0.05, 0.1) is 12.2 Å². The Morgan fingerprint density at radius 1 is 1.13 bits per heavy atom. The van der Waals surface area contributed by atoms with Gasteiger partial charge in [-0.1, -0.05) is 27.7 Å². The van der Waals surface area contributed by atoms with Crippen molar-refractivity contribution in [1.82, 2.24) is 0 Å². The highest BCUT2D eigenvalue weighted by Gasteiger charge is 2.46. The lowest BCUT2D eigenvalue weighted by molar-refractivity contribution is -0.292. The molecule has 1 fully saturated rings. The lowest BCUT2D eigenvalue weighted by Crippen LogP contribution is -2.57. The predicted octanol–water partition coefficient (Wildman–Crippen LogP) is 0.762. The van der Waals surface area contributed by atoms with Gasteiger partial charge in [0.2, 0.25) is 0 Å². The molecule has 0 saturated carbocycles. The molecule has 1 heterocycles. The van der Waals surface area contributed by atoms with Crippen molar-refractivity contribution in [2.24, 2.45) is 11.3 Å². The van der Waals surface area contributed by atoms with E-state index in [9.17, 15) is 10.2 Å². The Bertz CT molecular complexity index is 209. The van der Waals surface area contributed by atoms with Gasteiger partial charge in [-0.15, -0.1) is 0 Å². The molecule has 0 aromatic carbocycles. The van der Waals surface area contributed by atoms with Crippen LogP contribution in [0.3, 0.4) is 0 Å². The molecule has 2 N–H and O–H groups in total. The van der Waals surface area contributed by atoms with Crippen molar-refractivity contribution >= 4 is 0 Å². The first-order valence-corrected chi connectivity index (χ1v) is 5.33. The third kappa shape index (κ3) is 2.50. The van der Waals surface area contributed by atoms with E-state index < -0.39 is 18.5 Å². The third-order valence-electron chi connectivity index (χ3n) is 3.03. The maximum atomic E-state index is 10.0. The molecular weight excluding hydrogens is 196 g/mol. The predicted molar refractivity (Wildman–Crippen MR) is 56.3 cm³/mol. The first-order valence-electron chi connectivity index (χ1n) is 5.33. The molecule has 4 heteroatoms. The van der Waals surface area contributed by atoms with Crippen molar-refractivity contribution < 1.29 is 19.7 Å². The summed E-state index contributed by atoms with van der Waals surface area (Å²) >= 11 is 0. The number of hydrogen-bond donors (Lipinski definition) is 2. The number of hydrogen-bond acceptors (Lipinski definition) is 4. The lowest BCUT2D eigenvalue weighted by atomic mass is 9.78. The molecule has 1 aliphatic heterocycles. The number of rotatable bonds is 1. The van der Waals surface area contributed by atoms with Gasteiger partial charge < -0.3 is 19.7 Å². The normalized spacial score (nSPS) is 43.0. The van der Waals surface area contributed by atoms with Crippen molar-refractivity contribution in [1.29, 1.82) is 0 Å². The topological polar surface area (TPSA) is 58.9 Å². The van der Waals surface area contributed by atoms with Gasteiger partial charge in [0.25, 0.3) is 0 Å². The first kappa shape index (κ1) is 12.9. The van der Waals surface area contributed by atoms with E-state index in [0.717, 1.165) is 0 Å². The molecule has 5 atom stereocenters.